The van der Waals surface area contributed by atoms with Crippen LogP contribution in [0.2, 0.25) is 5.02 Å². The fourth-order valence-corrected chi connectivity index (χ4v) is 2.95. The van der Waals surface area contributed by atoms with Crippen LogP contribution in [0.4, 0.5) is 5.69 Å². The lowest BCUT2D eigenvalue weighted by Gasteiger charge is -2.34. The van der Waals surface area contributed by atoms with Crippen molar-refractivity contribution in [3.05, 3.63) is 64.7 Å². The third-order valence-corrected chi connectivity index (χ3v) is 4.34. The first-order valence-electron chi connectivity index (χ1n) is 6.95. The number of anilines is 1. The zero-order chi connectivity index (χ0) is 15.7. The van der Waals surface area contributed by atoms with Gasteiger partial charge in [0.15, 0.2) is 0 Å². The Balaban J connectivity index is 2.00. The van der Waals surface area contributed by atoms with Crippen molar-refractivity contribution in [3.63, 3.8) is 0 Å². The minimum absolute atomic E-state index is 0.250. The van der Waals surface area contributed by atoms with E-state index >= 15 is 0 Å². The van der Waals surface area contributed by atoms with E-state index in [0.717, 1.165) is 16.8 Å². The van der Waals surface area contributed by atoms with Gasteiger partial charge in [0, 0.05) is 10.7 Å². The summed E-state index contributed by atoms with van der Waals surface area (Å²) < 4.78 is 0. The zero-order valence-corrected chi connectivity index (χ0v) is 12.6. The molecule has 5 heteroatoms. The SMILES string of the molecule is NC(=O)[C@@]1(Cc2ccc(Cl)cc2)Cc2ccccc2NC1=O. The maximum Gasteiger partial charge on any atom is 0.240 e. The van der Waals surface area contributed by atoms with Crippen molar-refractivity contribution in [2.45, 2.75) is 12.8 Å². The molecule has 2 aromatic carbocycles. The molecule has 0 fully saturated rings. The molecule has 0 saturated heterocycles. The number of fused-ring (bicyclic) bond motifs is 1. The number of para-hydroxylation sites is 1. The Bertz CT molecular complexity index is 743. The molecule has 1 heterocycles. The maximum atomic E-state index is 12.6. The molecular weight excluding hydrogens is 300 g/mol. The predicted octanol–water partition coefficient (Wildman–Crippen LogP) is 2.55. The van der Waals surface area contributed by atoms with Crippen LogP contribution in [0.1, 0.15) is 11.1 Å². The summed E-state index contributed by atoms with van der Waals surface area (Å²) in [5.74, 6) is -0.969. The molecule has 112 valence electrons. The van der Waals surface area contributed by atoms with Gasteiger partial charge in [0.05, 0.1) is 0 Å². The van der Waals surface area contributed by atoms with E-state index < -0.39 is 11.3 Å². The largest absolute Gasteiger partial charge is 0.369 e. The van der Waals surface area contributed by atoms with Crippen LogP contribution in [0.3, 0.4) is 0 Å². The average molecular weight is 315 g/mol. The smallest absolute Gasteiger partial charge is 0.240 e. The number of rotatable bonds is 3. The van der Waals surface area contributed by atoms with Crippen molar-refractivity contribution >= 4 is 29.1 Å². The van der Waals surface area contributed by atoms with E-state index in [1.807, 2.05) is 24.3 Å². The highest BCUT2D eigenvalue weighted by molar-refractivity contribution is 6.30. The van der Waals surface area contributed by atoms with Crippen molar-refractivity contribution in [1.29, 1.82) is 0 Å². The topological polar surface area (TPSA) is 72.2 Å². The van der Waals surface area contributed by atoms with Gasteiger partial charge in [-0.25, -0.2) is 0 Å². The fourth-order valence-electron chi connectivity index (χ4n) is 2.82. The molecule has 3 rings (SSSR count). The van der Waals surface area contributed by atoms with Crippen LogP contribution in [-0.4, -0.2) is 11.8 Å². The first-order valence-corrected chi connectivity index (χ1v) is 7.33. The third kappa shape index (κ3) is 2.46. The summed E-state index contributed by atoms with van der Waals surface area (Å²) in [4.78, 5) is 24.7. The maximum absolute atomic E-state index is 12.6. The van der Waals surface area contributed by atoms with E-state index in [4.69, 9.17) is 17.3 Å². The number of halogens is 1. The van der Waals surface area contributed by atoms with Crippen LogP contribution in [-0.2, 0) is 22.4 Å². The summed E-state index contributed by atoms with van der Waals surface area (Å²) in [7, 11) is 0. The summed E-state index contributed by atoms with van der Waals surface area (Å²) in [5.41, 5.74) is 6.82. The fraction of sp³-hybridized carbons (Fsp3) is 0.176. The second kappa shape index (κ2) is 5.46. The second-order valence-corrected chi connectivity index (χ2v) is 5.97. The van der Waals surface area contributed by atoms with Crippen LogP contribution < -0.4 is 11.1 Å². The van der Waals surface area contributed by atoms with Crippen molar-refractivity contribution in [1.82, 2.24) is 0 Å². The molecule has 1 aliphatic heterocycles. The van der Waals surface area contributed by atoms with Crippen LogP contribution >= 0.6 is 11.6 Å². The van der Waals surface area contributed by atoms with Gasteiger partial charge in [0.25, 0.3) is 0 Å². The Morgan fingerprint density at radius 2 is 1.86 bits per heavy atom. The minimum Gasteiger partial charge on any atom is -0.369 e. The van der Waals surface area contributed by atoms with Crippen LogP contribution in [0.5, 0.6) is 0 Å². The molecular formula is C17H15ClN2O2. The van der Waals surface area contributed by atoms with E-state index in [1.54, 1.807) is 24.3 Å². The predicted molar refractivity (Wildman–Crippen MR) is 85.6 cm³/mol. The Kier molecular flexibility index (Phi) is 3.62. The van der Waals surface area contributed by atoms with Gasteiger partial charge in [-0.2, -0.15) is 0 Å². The first-order chi connectivity index (χ1) is 10.5. The molecule has 1 aliphatic rings. The molecule has 3 N–H and O–H groups in total. The number of nitrogens with two attached hydrogens (primary N) is 1. The van der Waals surface area contributed by atoms with Crippen LogP contribution in [0, 0.1) is 5.41 Å². The molecule has 0 bridgehead atoms. The Hall–Kier alpha value is -2.33. The molecule has 22 heavy (non-hydrogen) atoms. The average Bonchev–Trinajstić information content (AvgIpc) is 2.50. The van der Waals surface area contributed by atoms with Crippen molar-refractivity contribution < 1.29 is 9.59 Å². The van der Waals surface area contributed by atoms with Crippen LogP contribution in [0.15, 0.2) is 48.5 Å². The van der Waals surface area contributed by atoms with Gasteiger partial charge in [-0.3, -0.25) is 9.59 Å². The van der Waals surface area contributed by atoms with Gasteiger partial charge in [0.1, 0.15) is 5.41 Å². The summed E-state index contributed by atoms with van der Waals surface area (Å²) in [6, 6.07) is 14.5. The minimum atomic E-state index is -1.28. The third-order valence-electron chi connectivity index (χ3n) is 4.08. The van der Waals surface area contributed by atoms with Gasteiger partial charge >= 0.3 is 0 Å². The first kappa shape index (κ1) is 14.6. The van der Waals surface area contributed by atoms with E-state index in [0.29, 0.717) is 11.4 Å². The Morgan fingerprint density at radius 1 is 1.18 bits per heavy atom. The quantitative estimate of drug-likeness (QED) is 0.855. The van der Waals surface area contributed by atoms with Crippen molar-refractivity contribution in [2.75, 3.05) is 5.32 Å². The van der Waals surface area contributed by atoms with Gasteiger partial charge < -0.3 is 11.1 Å². The molecule has 1 atom stereocenters. The number of carbonyl (C=O) groups excluding carboxylic acids is 2. The molecule has 2 aromatic rings. The second-order valence-electron chi connectivity index (χ2n) is 5.54. The molecule has 0 radical (unpaired) electrons. The monoisotopic (exact) mass is 314 g/mol. The number of nitrogens with one attached hydrogen (secondary N) is 1. The number of benzene rings is 2. The van der Waals surface area contributed by atoms with Gasteiger partial charge in [-0.15, -0.1) is 0 Å². The van der Waals surface area contributed by atoms with E-state index in [9.17, 15) is 9.59 Å². The van der Waals surface area contributed by atoms with E-state index in [1.165, 1.54) is 0 Å². The molecule has 0 saturated carbocycles. The van der Waals surface area contributed by atoms with Gasteiger partial charge in [-0.05, 0) is 42.2 Å². The standard InChI is InChI=1S/C17H15ClN2O2/c18-13-7-5-11(6-8-13)9-17(15(19)21)10-12-3-1-2-4-14(12)20-16(17)22/h1-8H,9-10H2,(H2,19,21)(H,20,22)/t17-/m1/s1. The summed E-state index contributed by atoms with van der Waals surface area (Å²) >= 11 is 5.88. The number of carbonyl (C=O) groups is 2. The highest BCUT2D eigenvalue weighted by atomic mass is 35.5. The number of primary amides is 1. The Morgan fingerprint density at radius 3 is 2.55 bits per heavy atom. The molecule has 2 amide bonds. The summed E-state index contributed by atoms with van der Waals surface area (Å²) in [6.07, 6.45) is 0.548. The van der Waals surface area contributed by atoms with Crippen molar-refractivity contribution in [3.8, 4) is 0 Å². The lowest BCUT2D eigenvalue weighted by Crippen LogP contribution is -2.52. The molecule has 4 nitrogen and oxygen atoms in total. The van der Waals surface area contributed by atoms with Crippen molar-refractivity contribution in [2.24, 2.45) is 11.1 Å². The molecule has 0 unspecified atom stereocenters. The summed E-state index contributed by atoms with van der Waals surface area (Å²) in [5, 5.41) is 3.40. The summed E-state index contributed by atoms with van der Waals surface area (Å²) in [6.45, 7) is 0. The number of amides is 2. The molecule has 0 spiro atoms. The highest BCUT2D eigenvalue weighted by Crippen LogP contribution is 2.36. The lowest BCUT2D eigenvalue weighted by molar-refractivity contribution is -0.138. The Labute approximate surface area is 133 Å². The molecule has 0 aromatic heterocycles. The number of hydrogen-bond donors (Lipinski definition) is 2. The van der Waals surface area contributed by atoms with Crippen LogP contribution in [0.25, 0.3) is 0 Å². The number of hydrogen-bond acceptors (Lipinski definition) is 2. The normalized spacial score (nSPS) is 20.1. The lowest BCUT2D eigenvalue weighted by atomic mass is 9.72. The van der Waals surface area contributed by atoms with Gasteiger partial charge in [-0.1, -0.05) is 41.9 Å². The zero-order valence-electron chi connectivity index (χ0n) is 11.8. The van der Waals surface area contributed by atoms with Gasteiger partial charge in [0.2, 0.25) is 11.8 Å². The van der Waals surface area contributed by atoms with E-state index in [-0.39, 0.29) is 12.3 Å². The van der Waals surface area contributed by atoms with E-state index in [2.05, 4.69) is 5.32 Å². The molecule has 0 aliphatic carbocycles. The highest BCUT2D eigenvalue weighted by Gasteiger charge is 2.47.